The van der Waals surface area contributed by atoms with Crippen LogP contribution in [0.2, 0.25) is 0 Å². The Labute approximate surface area is 146 Å². The van der Waals surface area contributed by atoms with Crippen molar-refractivity contribution in [2.45, 2.75) is 0 Å². The van der Waals surface area contributed by atoms with Crippen LogP contribution in [0.3, 0.4) is 0 Å². The van der Waals surface area contributed by atoms with Gasteiger partial charge in [0, 0.05) is 0 Å². The highest BCUT2D eigenvalue weighted by molar-refractivity contribution is 5.95. The minimum absolute atomic E-state index is 0.256. The molecule has 6 nitrogen and oxygen atoms in total. The van der Waals surface area contributed by atoms with Gasteiger partial charge in [0.25, 0.3) is 5.91 Å². The average molecular weight is 366 g/mol. The van der Waals surface area contributed by atoms with Crippen molar-refractivity contribution in [2.24, 2.45) is 0 Å². The van der Waals surface area contributed by atoms with Gasteiger partial charge in [0.05, 0.1) is 17.8 Å². The topological polar surface area (TPSA) is 84.5 Å². The number of benzene rings is 2. The summed E-state index contributed by atoms with van der Waals surface area (Å²) in [6.07, 6.45) is 0. The van der Waals surface area contributed by atoms with Gasteiger partial charge in [-0.05, 0) is 24.3 Å². The first-order valence-corrected chi connectivity index (χ1v) is 7.30. The van der Waals surface area contributed by atoms with E-state index >= 15 is 0 Å². The molecule has 2 N–H and O–H groups in total. The van der Waals surface area contributed by atoms with Gasteiger partial charge in [0.1, 0.15) is 0 Å². The number of amides is 2. The lowest BCUT2D eigenvalue weighted by molar-refractivity contribution is -0.126. The number of nitrogens with one attached hydrogen (secondary N) is 2. The summed E-state index contributed by atoms with van der Waals surface area (Å²) in [4.78, 5) is 34.8. The van der Waals surface area contributed by atoms with Gasteiger partial charge >= 0.3 is 5.97 Å². The fourth-order valence-corrected chi connectivity index (χ4v) is 1.84. The number of hydrogen-bond donors (Lipinski definition) is 2. The molecule has 0 aliphatic rings. The second-order valence-corrected chi connectivity index (χ2v) is 4.99. The predicted molar refractivity (Wildman–Crippen MR) is 84.7 cm³/mol. The summed E-state index contributed by atoms with van der Waals surface area (Å²) in [6.45, 7) is -1.21. The van der Waals surface area contributed by atoms with Crippen LogP contribution in [-0.4, -0.2) is 30.9 Å². The second kappa shape index (κ2) is 8.65. The van der Waals surface area contributed by atoms with E-state index in [1.54, 1.807) is 18.2 Å². The highest BCUT2D eigenvalue weighted by atomic mass is 19.2. The van der Waals surface area contributed by atoms with Gasteiger partial charge in [-0.2, -0.15) is 0 Å². The highest BCUT2D eigenvalue weighted by Crippen LogP contribution is 2.19. The van der Waals surface area contributed by atoms with E-state index in [1.807, 2.05) is 5.32 Å². The number of halogens is 3. The maximum atomic E-state index is 13.4. The van der Waals surface area contributed by atoms with Crippen LogP contribution in [0.4, 0.5) is 18.9 Å². The third kappa shape index (κ3) is 5.07. The molecule has 0 atom stereocenters. The van der Waals surface area contributed by atoms with Gasteiger partial charge in [0.2, 0.25) is 5.91 Å². The lowest BCUT2D eigenvalue weighted by atomic mass is 10.2. The smallest absolute Gasteiger partial charge is 0.338 e. The molecule has 0 unspecified atom stereocenters. The Bertz CT molecular complexity index is 828. The van der Waals surface area contributed by atoms with Crippen LogP contribution in [0.5, 0.6) is 0 Å². The van der Waals surface area contributed by atoms with E-state index in [-0.39, 0.29) is 5.56 Å². The molecule has 2 aromatic rings. The Morgan fingerprint density at radius 1 is 0.885 bits per heavy atom. The predicted octanol–water partition coefficient (Wildman–Crippen LogP) is 2.02. The molecular weight excluding hydrogens is 353 g/mol. The minimum Gasteiger partial charge on any atom is -0.452 e. The van der Waals surface area contributed by atoms with E-state index in [1.165, 1.54) is 12.1 Å². The molecular formula is C17H13F3N2O4. The Hall–Kier alpha value is -3.36. The molecule has 0 aliphatic carbocycles. The van der Waals surface area contributed by atoms with E-state index in [0.29, 0.717) is 6.07 Å². The number of anilines is 1. The zero-order valence-corrected chi connectivity index (χ0v) is 13.2. The molecule has 2 aromatic carbocycles. The van der Waals surface area contributed by atoms with E-state index in [0.717, 1.165) is 6.07 Å². The zero-order valence-electron chi connectivity index (χ0n) is 13.2. The van der Waals surface area contributed by atoms with Crippen molar-refractivity contribution >= 4 is 23.5 Å². The van der Waals surface area contributed by atoms with Crippen LogP contribution < -0.4 is 10.6 Å². The Morgan fingerprint density at radius 3 is 2.27 bits per heavy atom. The largest absolute Gasteiger partial charge is 0.452 e. The standard InChI is InChI=1S/C17H13F3N2O4/c18-11-6-7-12(16(20)15(11)19)22-13(23)8-21-14(24)9-26-17(25)10-4-2-1-3-5-10/h1-7H,8-9H2,(H,21,24)(H,22,23). The van der Waals surface area contributed by atoms with E-state index < -0.39 is 54.1 Å². The molecule has 0 bridgehead atoms. The molecule has 2 rings (SSSR count). The molecule has 0 aromatic heterocycles. The monoisotopic (exact) mass is 366 g/mol. The molecule has 0 radical (unpaired) electrons. The number of carbonyl (C=O) groups excluding carboxylic acids is 3. The molecule has 0 saturated carbocycles. The van der Waals surface area contributed by atoms with Gasteiger partial charge < -0.3 is 15.4 Å². The highest BCUT2D eigenvalue weighted by Gasteiger charge is 2.16. The number of esters is 1. The van der Waals surface area contributed by atoms with Crippen molar-refractivity contribution < 1.29 is 32.3 Å². The van der Waals surface area contributed by atoms with Crippen molar-refractivity contribution in [1.29, 1.82) is 0 Å². The van der Waals surface area contributed by atoms with Crippen molar-refractivity contribution in [1.82, 2.24) is 5.32 Å². The first-order chi connectivity index (χ1) is 12.4. The van der Waals surface area contributed by atoms with Crippen LogP contribution in [0.15, 0.2) is 42.5 Å². The molecule has 136 valence electrons. The van der Waals surface area contributed by atoms with Crippen LogP contribution in [0, 0.1) is 17.5 Å². The first kappa shape index (κ1) is 19.0. The normalized spacial score (nSPS) is 10.1. The summed E-state index contributed by atoms with van der Waals surface area (Å²) < 4.78 is 44.0. The molecule has 9 heteroatoms. The second-order valence-electron chi connectivity index (χ2n) is 4.99. The summed E-state index contributed by atoms with van der Waals surface area (Å²) in [6, 6.07) is 9.45. The fourth-order valence-electron chi connectivity index (χ4n) is 1.84. The quantitative estimate of drug-likeness (QED) is 0.605. The van der Waals surface area contributed by atoms with Crippen LogP contribution in [0.1, 0.15) is 10.4 Å². The first-order valence-electron chi connectivity index (χ1n) is 7.30. The Balaban J connectivity index is 1.78. The third-order valence-electron chi connectivity index (χ3n) is 3.10. The zero-order chi connectivity index (χ0) is 19.1. The lowest BCUT2D eigenvalue weighted by Gasteiger charge is -2.09. The molecule has 26 heavy (non-hydrogen) atoms. The summed E-state index contributed by atoms with van der Waals surface area (Å²) >= 11 is 0. The fraction of sp³-hybridized carbons (Fsp3) is 0.118. The van der Waals surface area contributed by atoms with Crippen LogP contribution in [0.25, 0.3) is 0 Å². The molecule has 0 spiro atoms. The number of carbonyl (C=O) groups is 3. The lowest BCUT2D eigenvalue weighted by Crippen LogP contribution is -2.35. The number of rotatable bonds is 6. The molecule has 2 amide bonds. The van der Waals surface area contributed by atoms with Crippen LogP contribution >= 0.6 is 0 Å². The SMILES string of the molecule is O=C(COC(=O)c1ccccc1)NCC(=O)Nc1ccc(F)c(F)c1F. The summed E-state index contributed by atoms with van der Waals surface area (Å²) in [7, 11) is 0. The Kier molecular flexibility index (Phi) is 6.31. The molecule has 0 aliphatic heterocycles. The van der Waals surface area contributed by atoms with Crippen molar-refractivity contribution in [2.75, 3.05) is 18.5 Å². The van der Waals surface area contributed by atoms with Crippen molar-refractivity contribution in [3.63, 3.8) is 0 Å². The third-order valence-corrected chi connectivity index (χ3v) is 3.10. The molecule has 0 heterocycles. The van der Waals surface area contributed by atoms with Gasteiger partial charge in [-0.1, -0.05) is 18.2 Å². The van der Waals surface area contributed by atoms with Crippen molar-refractivity contribution in [3.8, 4) is 0 Å². The molecule has 0 saturated heterocycles. The van der Waals surface area contributed by atoms with Gasteiger partial charge in [0.15, 0.2) is 24.1 Å². The van der Waals surface area contributed by atoms with Crippen molar-refractivity contribution in [3.05, 3.63) is 65.5 Å². The van der Waals surface area contributed by atoms with Gasteiger partial charge in [-0.15, -0.1) is 0 Å². The Morgan fingerprint density at radius 2 is 1.58 bits per heavy atom. The number of hydrogen-bond acceptors (Lipinski definition) is 4. The van der Waals surface area contributed by atoms with Crippen LogP contribution in [-0.2, 0) is 14.3 Å². The molecule has 0 fully saturated rings. The summed E-state index contributed by atoms with van der Waals surface area (Å²) in [5.41, 5.74) is -0.314. The summed E-state index contributed by atoms with van der Waals surface area (Å²) in [5, 5.41) is 4.12. The summed E-state index contributed by atoms with van der Waals surface area (Å²) in [5.74, 6) is -7.03. The van der Waals surface area contributed by atoms with Gasteiger partial charge in [-0.25, -0.2) is 18.0 Å². The maximum absolute atomic E-state index is 13.4. The van der Waals surface area contributed by atoms with Gasteiger partial charge in [-0.3, -0.25) is 9.59 Å². The maximum Gasteiger partial charge on any atom is 0.338 e. The number of ether oxygens (including phenoxy) is 1. The van der Waals surface area contributed by atoms with E-state index in [9.17, 15) is 27.6 Å². The average Bonchev–Trinajstić information content (AvgIpc) is 2.65. The minimum atomic E-state index is -1.72. The van der Waals surface area contributed by atoms with E-state index in [4.69, 9.17) is 4.74 Å². The van der Waals surface area contributed by atoms with E-state index in [2.05, 4.69) is 5.32 Å².